The maximum Gasteiger partial charge on any atom is 0.264 e. The van der Waals surface area contributed by atoms with Crippen LogP contribution in [0, 0.1) is 0 Å². The number of rotatable bonds is 9. The molecule has 32 heavy (non-hydrogen) atoms. The number of anilines is 1. The minimum atomic E-state index is -3.46. The first-order valence-electron chi connectivity index (χ1n) is 10.2. The molecular weight excluding hydrogens is 440 g/mol. The number of nitrogens with zero attached hydrogens (tertiary/aromatic N) is 1. The lowest BCUT2D eigenvalue weighted by Crippen LogP contribution is -2.38. The van der Waals surface area contributed by atoms with E-state index >= 15 is 0 Å². The number of benzene rings is 3. The summed E-state index contributed by atoms with van der Waals surface area (Å²) in [6, 6.07) is 30.9. The molecule has 0 aliphatic carbocycles. The number of hydrogen-bond donors (Lipinski definition) is 1. The van der Waals surface area contributed by atoms with Gasteiger partial charge in [0.2, 0.25) is 0 Å². The number of nitrogens with one attached hydrogen (secondary N) is 1. The summed E-state index contributed by atoms with van der Waals surface area (Å²) in [7, 11) is -3.46. The Labute approximate surface area is 192 Å². The van der Waals surface area contributed by atoms with Gasteiger partial charge in [-0.05, 0) is 16.7 Å². The fraction of sp³-hybridized carbons (Fsp3) is 0.160. The summed E-state index contributed by atoms with van der Waals surface area (Å²) in [6.45, 7) is 0.0726. The molecule has 4 aromatic rings. The van der Waals surface area contributed by atoms with Crippen LogP contribution < -0.4 is 5.32 Å². The lowest BCUT2D eigenvalue weighted by atomic mass is 9.77. The van der Waals surface area contributed by atoms with Gasteiger partial charge in [-0.3, -0.25) is 4.18 Å². The zero-order chi connectivity index (χ0) is 22.4. The quantitative estimate of drug-likeness (QED) is 0.277. The summed E-state index contributed by atoms with van der Waals surface area (Å²) in [5.74, 6) is 0. The average molecular weight is 465 g/mol. The summed E-state index contributed by atoms with van der Waals surface area (Å²) >= 11 is 1.49. The highest BCUT2D eigenvalue weighted by molar-refractivity contribution is 7.85. The van der Waals surface area contributed by atoms with Crippen molar-refractivity contribution in [2.45, 2.75) is 12.0 Å². The van der Waals surface area contributed by atoms with Crippen molar-refractivity contribution in [1.29, 1.82) is 0 Å². The van der Waals surface area contributed by atoms with Crippen LogP contribution in [0.5, 0.6) is 0 Å². The van der Waals surface area contributed by atoms with E-state index in [1.54, 1.807) is 0 Å². The van der Waals surface area contributed by atoms with Crippen LogP contribution in [0.25, 0.3) is 0 Å². The van der Waals surface area contributed by atoms with Gasteiger partial charge in [0.25, 0.3) is 10.1 Å². The molecule has 0 unspecified atom stereocenters. The molecule has 4 rings (SSSR count). The summed E-state index contributed by atoms with van der Waals surface area (Å²) in [5.41, 5.74) is 3.41. The van der Waals surface area contributed by atoms with Gasteiger partial charge in [-0.15, -0.1) is 11.3 Å². The van der Waals surface area contributed by atoms with Crippen molar-refractivity contribution in [2.75, 3.05) is 18.2 Å². The lowest BCUT2D eigenvalue weighted by molar-refractivity contribution is 0.325. The smallest absolute Gasteiger partial charge is 0.264 e. The summed E-state index contributed by atoms with van der Waals surface area (Å²) in [6.07, 6.45) is 1.47. The van der Waals surface area contributed by atoms with Gasteiger partial charge < -0.3 is 5.32 Å². The lowest BCUT2D eigenvalue weighted by Gasteiger charge is -2.36. The maximum absolute atomic E-state index is 11.2. The Morgan fingerprint density at radius 2 is 1.31 bits per heavy atom. The van der Waals surface area contributed by atoms with Gasteiger partial charge in [0.1, 0.15) is 5.54 Å². The van der Waals surface area contributed by atoms with Crippen LogP contribution >= 0.6 is 11.3 Å². The maximum atomic E-state index is 11.2. The van der Waals surface area contributed by atoms with Crippen molar-refractivity contribution in [3.8, 4) is 0 Å². The Balaban J connectivity index is 1.76. The molecule has 0 spiro atoms. The molecule has 1 aromatic heterocycles. The standard InChI is InChI=1S/C25H24N2O3S2/c1-32(28,29)30-18-17-23-19-31-24(26-23)27-25(20-11-5-2-6-12-20,21-13-7-3-8-14-21)22-15-9-4-10-16-22/h2-16,19H,17-18H2,1H3,(H,26,27). The number of hydrogen-bond acceptors (Lipinski definition) is 6. The van der Waals surface area contributed by atoms with Gasteiger partial charge in [-0.1, -0.05) is 91.0 Å². The molecule has 0 amide bonds. The van der Waals surface area contributed by atoms with Crippen LogP contribution in [-0.4, -0.2) is 26.3 Å². The summed E-state index contributed by atoms with van der Waals surface area (Å²) < 4.78 is 27.3. The predicted molar refractivity (Wildman–Crippen MR) is 129 cm³/mol. The van der Waals surface area contributed by atoms with E-state index < -0.39 is 15.7 Å². The fourth-order valence-corrected chi connectivity index (χ4v) is 4.90. The van der Waals surface area contributed by atoms with Gasteiger partial charge in [0.15, 0.2) is 5.13 Å². The molecule has 0 saturated heterocycles. The number of aromatic nitrogens is 1. The van der Waals surface area contributed by atoms with E-state index in [4.69, 9.17) is 9.17 Å². The first-order chi connectivity index (χ1) is 15.5. The summed E-state index contributed by atoms with van der Waals surface area (Å²) in [4.78, 5) is 4.72. The molecule has 1 N–H and O–H groups in total. The first kappa shape index (κ1) is 22.2. The van der Waals surface area contributed by atoms with Crippen LogP contribution in [0.4, 0.5) is 5.13 Å². The Hall–Kier alpha value is -3.00. The Morgan fingerprint density at radius 3 is 1.75 bits per heavy atom. The third kappa shape index (κ3) is 5.07. The Bertz CT molecular complexity index is 1150. The van der Waals surface area contributed by atoms with Crippen molar-refractivity contribution in [3.63, 3.8) is 0 Å². The summed E-state index contributed by atoms with van der Waals surface area (Å²) in [5, 5.41) is 6.39. The van der Waals surface area contributed by atoms with Crippen molar-refractivity contribution >= 4 is 26.6 Å². The van der Waals surface area contributed by atoms with E-state index in [0.29, 0.717) is 6.42 Å². The highest BCUT2D eigenvalue weighted by Gasteiger charge is 2.37. The SMILES string of the molecule is CS(=O)(=O)OCCc1csc(NC(c2ccccc2)(c2ccccc2)c2ccccc2)n1. The van der Waals surface area contributed by atoms with E-state index in [9.17, 15) is 8.42 Å². The molecule has 164 valence electrons. The molecule has 1 heterocycles. The van der Waals surface area contributed by atoms with E-state index in [1.807, 2.05) is 60.0 Å². The van der Waals surface area contributed by atoms with E-state index in [-0.39, 0.29) is 6.61 Å². The second-order valence-corrected chi connectivity index (χ2v) is 9.90. The highest BCUT2D eigenvalue weighted by atomic mass is 32.2. The Morgan fingerprint density at radius 1 is 0.844 bits per heavy atom. The minimum absolute atomic E-state index is 0.0726. The number of thiazole rings is 1. The molecule has 0 radical (unpaired) electrons. The molecule has 0 saturated carbocycles. The first-order valence-corrected chi connectivity index (χ1v) is 12.9. The molecule has 0 aliphatic rings. The molecule has 0 fully saturated rings. The second-order valence-electron chi connectivity index (χ2n) is 7.39. The van der Waals surface area contributed by atoms with Crippen LogP contribution in [0.2, 0.25) is 0 Å². The second kappa shape index (κ2) is 9.65. The van der Waals surface area contributed by atoms with E-state index in [1.165, 1.54) is 11.3 Å². The van der Waals surface area contributed by atoms with Crippen LogP contribution in [0.3, 0.4) is 0 Å². The molecule has 3 aromatic carbocycles. The van der Waals surface area contributed by atoms with Gasteiger partial charge in [-0.2, -0.15) is 8.42 Å². The minimum Gasteiger partial charge on any atom is -0.344 e. The molecule has 0 aliphatic heterocycles. The van der Waals surface area contributed by atoms with Crippen LogP contribution in [0.1, 0.15) is 22.4 Å². The molecule has 5 nitrogen and oxygen atoms in total. The van der Waals surface area contributed by atoms with Gasteiger partial charge in [0.05, 0.1) is 18.6 Å². The molecule has 0 bridgehead atoms. The fourth-order valence-electron chi connectivity index (χ4n) is 3.72. The third-order valence-corrected chi connectivity index (χ3v) is 6.52. The van der Waals surface area contributed by atoms with Crippen LogP contribution in [0.15, 0.2) is 96.4 Å². The zero-order valence-electron chi connectivity index (χ0n) is 17.6. The van der Waals surface area contributed by atoms with Crippen molar-refractivity contribution in [1.82, 2.24) is 4.98 Å². The largest absolute Gasteiger partial charge is 0.344 e. The van der Waals surface area contributed by atoms with Crippen molar-refractivity contribution < 1.29 is 12.6 Å². The molecule has 0 atom stereocenters. The van der Waals surface area contributed by atoms with Gasteiger partial charge in [-0.25, -0.2) is 4.98 Å². The highest BCUT2D eigenvalue weighted by Crippen LogP contribution is 2.40. The van der Waals surface area contributed by atoms with Gasteiger partial charge in [0, 0.05) is 11.8 Å². The monoisotopic (exact) mass is 464 g/mol. The third-order valence-electron chi connectivity index (χ3n) is 5.12. The molecular formula is C25H24N2O3S2. The van der Waals surface area contributed by atoms with Gasteiger partial charge >= 0.3 is 0 Å². The van der Waals surface area contributed by atoms with E-state index in [2.05, 4.69) is 41.7 Å². The topological polar surface area (TPSA) is 68.3 Å². The average Bonchev–Trinajstić information content (AvgIpc) is 3.25. The van der Waals surface area contributed by atoms with Crippen molar-refractivity contribution in [2.24, 2.45) is 0 Å². The van der Waals surface area contributed by atoms with E-state index in [0.717, 1.165) is 33.8 Å². The predicted octanol–water partition coefficient (Wildman–Crippen LogP) is 5.07. The normalized spacial score (nSPS) is 11.9. The molecule has 7 heteroatoms. The Kier molecular flexibility index (Phi) is 6.69. The van der Waals surface area contributed by atoms with Crippen LogP contribution in [-0.2, 0) is 26.3 Å². The zero-order valence-corrected chi connectivity index (χ0v) is 19.3. The van der Waals surface area contributed by atoms with Crippen molar-refractivity contribution in [3.05, 3.63) is 119 Å².